The van der Waals surface area contributed by atoms with Gasteiger partial charge < -0.3 is 19.2 Å². The maximum absolute atomic E-state index is 12.5. The Labute approximate surface area is 130 Å². The first-order chi connectivity index (χ1) is 10.4. The van der Waals surface area contributed by atoms with Crippen LogP contribution in [0.25, 0.3) is 0 Å². The lowest BCUT2D eigenvalue weighted by molar-refractivity contribution is -0.147. The van der Waals surface area contributed by atoms with Crippen molar-refractivity contribution >= 4 is 11.9 Å². The van der Waals surface area contributed by atoms with Crippen LogP contribution < -0.4 is 0 Å². The first kappa shape index (κ1) is 16.5. The second-order valence-electron chi connectivity index (χ2n) is 5.80. The third-order valence-corrected chi connectivity index (χ3v) is 5.16. The van der Waals surface area contributed by atoms with E-state index in [9.17, 15) is 9.59 Å². The summed E-state index contributed by atoms with van der Waals surface area (Å²) in [6.07, 6.45) is 2.77. The number of carbonyl (C=O) groups excluding carboxylic acids is 1. The van der Waals surface area contributed by atoms with Crippen LogP contribution >= 0.6 is 0 Å². The molecule has 1 saturated carbocycles. The van der Waals surface area contributed by atoms with Gasteiger partial charge in [-0.25, -0.2) is 4.79 Å². The first-order valence-electron chi connectivity index (χ1n) is 7.54. The SMILES string of the molecule is CCC1(CC)[C@@H](OC)C[C@H]1N(C)C(=O)c1ccc(C(=O)O)o1. The average molecular weight is 309 g/mol. The highest BCUT2D eigenvalue weighted by atomic mass is 16.5. The average Bonchev–Trinajstić information content (AvgIpc) is 2.97. The van der Waals surface area contributed by atoms with Crippen molar-refractivity contribution in [2.45, 2.75) is 45.3 Å². The van der Waals surface area contributed by atoms with Crippen LogP contribution in [0.15, 0.2) is 16.5 Å². The van der Waals surface area contributed by atoms with Crippen molar-refractivity contribution in [1.82, 2.24) is 4.90 Å². The summed E-state index contributed by atoms with van der Waals surface area (Å²) in [6.45, 7) is 4.21. The molecule has 0 aliphatic heterocycles. The Balaban J connectivity index is 2.18. The minimum absolute atomic E-state index is 0.0542. The number of amides is 1. The van der Waals surface area contributed by atoms with Crippen molar-refractivity contribution in [3.8, 4) is 0 Å². The largest absolute Gasteiger partial charge is 0.475 e. The molecule has 22 heavy (non-hydrogen) atoms. The molecular formula is C16H23NO5. The van der Waals surface area contributed by atoms with E-state index in [4.69, 9.17) is 14.3 Å². The molecule has 0 spiro atoms. The molecule has 2 rings (SSSR count). The van der Waals surface area contributed by atoms with Gasteiger partial charge in [0.25, 0.3) is 5.91 Å². The number of carbonyl (C=O) groups is 2. The number of hydrogen-bond acceptors (Lipinski definition) is 4. The fourth-order valence-electron chi connectivity index (χ4n) is 3.66. The van der Waals surface area contributed by atoms with Crippen molar-refractivity contribution in [3.05, 3.63) is 23.7 Å². The van der Waals surface area contributed by atoms with E-state index >= 15 is 0 Å². The molecule has 0 radical (unpaired) electrons. The van der Waals surface area contributed by atoms with E-state index in [0.717, 1.165) is 19.3 Å². The summed E-state index contributed by atoms with van der Waals surface area (Å²) in [7, 11) is 3.44. The van der Waals surface area contributed by atoms with Gasteiger partial charge in [-0.15, -0.1) is 0 Å². The first-order valence-corrected chi connectivity index (χ1v) is 7.54. The van der Waals surface area contributed by atoms with E-state index < -0.39 is 5.97 Å². The van der Waals surface area contributed by atoms with Gasteiger partial charge in [0.1, 0.15) is 0 Å². The summed E-state index contributed by atoms with van der Waals surface area (Å²) in [5.74, 6) is -1.64. The third-order valence-electron chi connectivity index (χ3n) is 5.16. The van der Waals surface area contributed by atoms with Gasteiger partial charge >= 0.3 is 5.97 Å². The van der Waals surface area contributed by atoms with E-state index in [-0.39, 0.29) is 35.0 Å². The van der Waals surface area contributed by atoms with E-state index in [2.05, 4.69) is 13.8 Å². The van der Waals surface area contributed by atoms with Crippen LogP contribution in [0.3, 0.4) is 0 Å². The van der Waals surface area contributed by atoms with Crippen LogP contribution in [-0.4, -0.2) is 48.2 Å². The van der Waals surface area contributed by atoms with Crippen molar-refractivity contribution in [2.75, 3.05) is 14.2 Å². The molecule has 2 atom stereocenters. The normalized spacial score (nSPS) is 22.9. The number of methoxy groups -OCH3 is 1. The summed E-state index contributed by atoms with van der Waals surface area (Å²) in [6, 6.07) is 2.78. The number of aromatic carboxylic acids is 1. The Morgan fingerprint density at radius 2 is 1.95 bits per heavy atom. The summed E-state index contributed by atoms with van der Waals surface area (Å²) >= 11 is 0. The number of carboxylic acids is 1. The standard InChI is InChI=1S/C16H23NO5/c1-5-16(6-2)12(9-13(16)21-4)17(3)14(18)10-7-8-11(22-10)15(19)20/h7-8,12-13H,5-6,9H2,1-4H3,(H,19,20)/t12-,13+/m1/s1. The van der Waals surface area contributed by atoms with Crippen LogP contribution in [0.1, 0.15) is 54.2 Å². The summed E-state index contributed by atoms with van der Waals surface area (Å²) < 4.78 is 10.7. The number of rotatable bonds is 6. The highest BCUT2D eigenvalue weighted by molar-refractivity contribution is 5.93. The summed E-state index contributed by atoms with van der Waals surface area (Å²) in [5.41, 5.74) is -0.0542. The molecule has 6 nitrogen and oxygen atoms in total. The molecule has 1 aromatic rings. The molecule has 1 aliphatic rings. The minimum atomic E-state index is -1.18. The van der Waals surface area contributed by atoms with Gasteiger partial charge in [-0.2, -0.15) is 0 Å². The highest BCUT2D eigenvalue weighted by Gasteiger charge is 2.55. The molecule has 0 saturated heterocycles. The molecule has 0 aromatic carbocycles. The molecule has 0 unspecified atom stereocenters. The number of furan rings is 1. The smallest absolute Gasteiger partial charge is 0.371 e. The maximum atomic E-state index is 12.5. The van der Waals surface area contributed by atoms with Crippen LogP contribution in [0.2, 0.25) is 0 Å². The van der Waals surface area contributed by atoms with Gasteiger partial charge in [0, 0.05) is 25.6 Å². The molecule has 1 fully saturated rings. The third kappa shape index (κ3) is 2.41. The Morgan fingerprint density at radius 1 is 1.36 bits per heavy atom. The highest BCUT2D eigenvalue weighted by Crippen LogP contribution is 2.51. The van der Waals surface area contributed by atoms with E-state index in [1.54, 1.807) is 19.1 Å². The zero-order chi connectivity index (χ0) is 16.5. The van der Waals surface area contributed by atoms with Crippen molar-refractivity contribution in [3.63, 3.8) is 0 Å². The van der Waals surface area contributed by atoms with Gasteiger partial charge in [-0.1, -0.05) is 13.8 Å². The van der Waals surface area contributed by atoms with Crippen LogP contribution in [0.4, 0.5) is 0 Å². The molecule has 1 N–H and O–H groups in total. The van der Waals surface area contributed by atoms with Gasteiger partial charge in [-0.3, -0.25) is 4.79 Å². The Kier molecular flexibility index (Phi) is 4.60. The van der Waals surface area contributed by atoms with Crippen molar-refractivity contribution < 1.29 is 23.8 Å². The van der Waals surface area contributed by atoms with Gasteiger partial charge in [0.2, 0.25) is 5.76 Å². The van der Waals surface area contributed by atoms with E-state index in [0.29, 0.717) is 0 Å². The number of hydrogen-bond donors (Lipinski definition) is 1. The van der Waals surface area contributed by atoms with Crippen LogP contribution in [0.5, 0.6) is 0 Å². The predicted molar refractivity (Wildman–Crippen MR) is 80.0 cm³/mol. The van der Waals surface area contributed by atoms with Gasteiger partial charge in [0.05, 0.1) is 6.10 Å². The quantitative estimate of drug-likeness (QED) is 0.873. The number of carboxylic acid groups (broad SMARTS) is 1. The number of nitrogens with zero attached hydrogens (tertiary/aromatic N) is 1. The van der Waals surface area contributed by atoms with Crippen LogP contribution in [0, 0.1) is 5.41 Å². The van der Waals surface area contributed by atoms with E-state index in [1.807, 2.05) is 0 Å². The molecule has 1 aromatic heterocycles. The number of ether oxygens (including phenoxy) is 1. The lowest BCUT2D eigenvalue weighted by Gasteiger charge is -2.57. The van der Waals surface area contributed by atoms with E-state index in [1.165, 1.54) is 12.1 Å². The maximum Gasteiger partial charge on any atom is 0.371 e. The fraction of sp³-hybridized carbons (Fsp3) is 0.625. The Morgan fingerprint density at radius 3 is 2.41 bits per heavy atom. The summed E-state index contributed by atoms with van der Waals surface area (Å²) in [5, 5.41) is 8.88. The lowest BCUT2D eigenvalue weighted by atomic mass is 9.58. The fourth-order valence-corrected chi connectivity index (χ4v) is 3.66. The van der Waals surface area contributed by atoms with Gasteiger partial charge in [0.15, 0.2) is 5.76 Å². The molecule has 1 aliphatic carbocycles. The second kappa shape index (κ2) is 6.12. The van der Waals surface area contributed by atoms with Crippen LogP contribution in [-0.2, 0) is 4.74 Å². The predicted octanol–water partition coefficient (Wildman–Crippen LogP) is 2.64. The zero-order valence-corrected chi connectivity index (χ0v) is 13.5. The van der Waals surface area contributed by atoms with Gasteiger partial charge in [-0.05, 0) is 31.4 Å². The monoisotopic (exact) mass is 309 g/mol. The molecule has 6 heteroatoms. The minimum Gasteiger partial charge on any atom is -0.475 e. The summed E-state index contributed by atoms with van der Waals surface area (Å²) in [4.78, 5) is 25.0. The Hall–Kier alpha value is -1.82. The Bertz CT molecular complexity index is 561. The van der Waals surface area contributed by atoms with Crippen molar-refractivity contribution in [2.24, 2.45) is 5.41 Å². The molecule has 1 amide bonds. The molecular weight excluding hydrogens is 286 g/mol. The van der Waals surface area contributed by atoms with Crippen molar-refractivity contribution in [1.29, 1.82) is 0 Å². The second-order valence-corrected chi connectivity index (χ2v) is 5.80. The molecule has 0 bridgehead atoms. The molecule has 122 valence electrons. The topological polar surface area (TPSA) is 80.0 Å². The zero-order valence-electron chi connectivity index (χ0n) is 13.5. The molecule has 1 heterocycles. The lowest BCUT2D eigenvalue weighted by Crippen LogP contribution is -2.64.